The minimum atomic E-state index is -0.297. The van der Waals surface area contributed by atoms with Crippen LogP contribution in [-0.2, 0) is 4.79 Å². The van der Waals surface area contributed by atoms with Crippen molar-refractivity contribution in [3.8, 4) is 0 Å². The molecule has 0 aromatic carbocycles. The lowest BCUT2D eigenvalue weighted by atomic mass is 9.78. The van der Waals surface area contributed by atoms with Crippen LogP contribution in [0.4, 0.5) is 0 Å². The molecule has 0 bridgehead atoms. The van der Waals surface area contributed by atoms with E-state index in [1.165, 1.54) is 12.8 Å². The molecule has 3 atom stereocenters. The molecule has 1 saturated carbocycles. The highest BCUT2D eigenvalue weighted by molar-refractivity contribution is 5.78. The molecular weight excluding hydrogens is 252 g/mol. The Hall–Kier alpha value is -0.610. The normalized spacial score (nSPS) is 36.5. The van der Waals surface area contributed by atoms with Crippen LogP contribution in [0.2, 0.25) is 0 Å². The van der Waals surface area contributed by atoms with Crippen LogP contribution in [0.25, 0.3) is 0 Å². The van der Waals surface area contributed by atoms with E-state index in [-0.39, 0.29) is 29.9 Å². The summed E-state index contributed by atoms with van der Waals surface area (Å²) in [6.07, 6.45) is 3.12. The van der Waals surface area contributed by atoms with Crippen LogP contribution in [0.15, 0.2) is 0 Å². The van der Waals surface area contributed by atoms with Crippen molar-refractivity contribution in [3.63, 3.8) is 0 Å². The number of nitrogens with one attached hydrogen (secondary N) is 1. The predicted molar refractivity (Wildman–Crippen MR) is 80.3 cm³/mol. The second kappa shape index (κ2) is 6.44. The lowest BCUT2D eigenvalue weighted by Crippen LogP contribution is -2.58. The Kier molecular flexibility index (Phi) is 5.08. The van der Waals surface area contributed by atoms with E-state index in [0.717, 1.165) is 25.4 Å². The highest BCUT2D eigenvalue weighted by Crippen LogP contribution is 2.34. The van der Waals surface area contributed by atoms with Crippen molar-refractivity contribution in [2.24, 2.45) is 17.8 Å². The molecule has 116 valence electrons. The molecular formula is C16H30N2O2. The van der Waals surface area contributed by atoms with E-state index in [0.29, 0.717) is 6.04 Å². The number of hydrogen-bond donors (Lipinski definition) is 2. The molecule has 2 fully saturated rings. The van der Waals surface area contributed by atoms with Crippen molar-refractivity contribution in [3.05, 3.63) is 0 Å². The highest BCUT2D eigenvalue weighted by atomic mass is 16.3. The Morgan fingerprint density at radius 3 is 2.35 bits per heavy atom. The van der Waals surface area contributed by atoms with Gasteiger partial charge in [0.2, 0.25) is 5.91 Å². The van der Waals surface area contributed by atoms with Crippen LogP contribution in [0.1, 0.15) is 47.0 Å². The molecule has 1 heterocycles. The molecule has 20 heavy (non-hydrogen) atoms. The first-order valence-corrected chi connectivity index (χ1v) is 8.09. The molecule has 3 unspecified atom stereocenters. The Morgan fingerprint density at radius 1 is 1.20 bits per heavy atom. The van der Waals surface area contributed by atoms with E-state index in [1.54, 1.807) is 0 Å². The van der Waals surface area contributed by atoms with E-state index in [4.69, 9.17) is 0 Å². The maximum absolute atomic E-state index is 11.9. The molecule has 4 nitrogen and oxygen atoms in total. The van der Waals surface area contributed by atoms with Gasteiger partial charge >= 0.3 is 0 Å². The first-order chi connectivity index (χ1) is 9.36. The second-order valence-corrected chi connectivity index (χ2v) is 7.28. The predicted octanol–water partition coefficient (Wildman–Crippen LogP) is 1.63. The van der Waals surface area contributed by atoms with Gasteiger partial charge in [0.1, 0.15) is 0 Å². The average molecular weight is 282 g/mol. The SMILES string of the molecule is CC1CC(N2CC(NC(=O)C(C)C)CC(C(C)O)C2)C1. The molecule has 1 amide bonds. The van der Waals surface area contributed by atoms with Gasteiger partial charge in [0.25, 0.3) is 0 Å². The molecule has 2 aliphatic rings. The van der Waals surface area contributed by atoms with Gasteiger partial charge in [-0.25, -0.2) is 0 Å². The summed E-state index contributed by atoms with van der Waals surface area (Å²) in [6.45, 7) is 9.94. The van der Waals surface area contributed by atoms with Crippen LogP contribution in [-0.4, -0.2) is 47.2 Å². The third-order valence-corrected chi connectivity index (χ3v) is 4.93. The van der Waals surface area contributed by atoms with Crippen LogP contribution in [0.5, 0.6) is 0 Å². The van der Waals surface area contributed by atoms with E-state index in [2.05, 4.69) is 17.1 Å². The molecule has 4 heteroatoms. The molecule has 2 N–H and O–H groups in total. The fourth-order valence-corrected chi connectivity index (χ4v) is 3.45. The Morgan fingerprint density at radius 2 is 1.85 bits per heavy atom. The highest BCUT2D eigenvalue weighted by Gasteiger charge is 2.38. The maximum Gasteiger partial charge on any atom is 0.222 e. The number of carbonyl (C=O) groups excluding carboxylic acids is 1. The summed E-state index contributed by atoms with van der Waals surface area (Å²) in [6, 6.07) is 0.846. The van der Waals surface area contributed by atoms with Crippen molar-refractivity contribution in [1.29, 1.82) is 0 Å². The van der Waals surface area contributed by atoms with Gasteiger partial charge in [-0.2, -0.15) is 0 Å². The second-order valence-electron chi connectivity index (χ2n) is 7.28. The molecule has 0 aromatic rings. The molecule has 0 spiro atoms. The van der Waals surface area contributed by atoms with Crippen LogP contribution in [0, 0.1) is 17.8 Å². The smallest absolute Gasteiger partial charge is 0.222 e. The van der Waals surface area contributed by atoms with Gasteiger partial charge in [0, 0.05) is 31.1 Å². The summed E-state index contributed by atoms with van der Waals surface area (Å²) in [4.78, 5) is 14.4. The standard InChI is InChI=1S/C16H30N2O2/c1-10(2)16(20)17-14-7-13(12(4)19)8-18(9-14)15-5-11(3)6-15/h10-15,19H,5-9H2,1-4H3,(H,17,20). The number of aliphatic hydroxyl groups excluding tert-OH is 1. The lowest BCUT2D eigenvalue weighted by Gasteiger charge is -2.48. The number of piperidine rings is 1. The lowest BCUT2D eigenvalue weighted by molar-refractivity contribution is -0.125. The van der Waals surface area contributed by atoms with E-state index in [1.807, 2.05) is 20.8 Å². The van der Waals surface area contributed by atoms with Gasteiger partial charge in [-0.1, -0.05) is 20.8 Å². The number of nitrogens with zero attached hydrogens (tertiary/aromatic N) is 1. The Balaban J connectivity index is 1.95. The topological polar surface area (TPSA) is 52.6 Å². The Labute approximate surface area is 122 Å². The summed E-state index contributed by atoms with van der Waals surface area (Å²) in [7, 11) is 0. The fraction of sp³-hybridized carbons (Fsp3) is 0.938. The molecule has 1 saturated heterocycles. The zero-order valence-electron chi connectivity index (χ0n) is 13.3. The molecule has 0 aromatic heterocycles. The third-order valence-electron chi connectivity index (χ3n) is 4.93. The molecule has 1 aliphatic carbocycles. The van der Waals surface area contributed by atoms with Crippen molar-refractivity contribution in [2.75, 3.05) is 13.1 Å². The van der Waals surface area contributed by atoms with Crippen LogP contribution < -0.4 is 5.32 Å². The number of carbonyl (C=O) groups is 1. The number of hydrogen-bond acceptors (Lipinski definition) is 3. The van der Waals surface area contributed by atoms with Crippen LogP contribution in [0.3, 0.4) is 0 Å². The van der Waals surface area contributed by atoms with Gasteiger partial charge in [-0.3, -0.25) is 9.69 Å². The van der Waals surface area contributed by atoms with Crippen molar-refractivity contribution in [2.45, 2.75) is 65.1 Å². The van der Waals surface area contributed by atoms with Gasteiger partial charge in [0.15, 0.2) is 0 Å². The summed E-state index contributed by atoms with van der Waals surface area (Å²) in [5, 5.41) is 13.1. The van der Waals surface area contributed by atoms with Crippen molar-refractivity contribution < 1.29 is 9.90 Å². The zero-order chi connectivity index (χ0) is 14.9. The zero-order valence-corrected chi connectivity index (χ0v) is 13.3. The Bertz CT molecular complexity index is 337. The number of aliphatic hydroxyl groups is 1. The summed E-state index contributed by atoms with van der Waals surface area (Å²) in [5.74, 6) is 1.26. The monoisotopic (exact) mass is 282 g/mol. The summed E-state index contributed by atoms with van der Waals surface area (Å²) in [5.41, 5.74) is 0. The van der Waals surface area contributed by atoms with Crippen LogP contribution >= 0.6 is 0 Å². The van der Waals surface area contributed by atoms with Gasteiger partial charge in [-0.05, 0) is 38.0 Å². The quantitative estimate of drug-likeness (QED) is 0.824. The van der Waals surface area contributed by atoms with Crippen molar-refractivity contribution >= 4 is 5.91 Å². The maximum atomic E-state index is 11.9. The summed E-state index contributed by atoms with van der Waals surface area (Å²) < 4.78 is 0. The average Bonchev–Trinajstić information content (AvgIpc) is 2.34. The first kappa shape index (κ1) is 15.8. The molecule has 1 aliphatic heterocycles. The van der Waals surface area contributed by atoms with E-state index in [9.17, 15) is 9.90 Å². The number of amides is 1. The molecule has 2 rings (SSSR count). The van der Waals surface area contributed by atoms with E-state index >= 15 is 0 Å². The number of likely N-dealkylation sites (tertiary alicyclic amines) is 1. The van der Waals surface area contributed by atoms with E-state index < -0.39 is 0 Å². The van der Waals surface area contributed by atoms with Gasteiger partial charge in [0.05, 0.1) is 6.10 Å². The van der Waals surface area contributed by atoms with Gasteiger partial charge < -0.3 is 10.4 Å². The third kappa shape index (κ3) is 3.73. The molecule has 0 radical (unpaired) electrons. The largest absolute Gasteiger partial charge is 0.393 e. The minimum Gasteiger partial charge on any atom is -0.393 e. The first-order valence-electron chi connectivity index (χ1n) is 8.09. The van der Waals surface area contributed by atoms with Gasteiger partial charge in [-0.15, -0.1) is 0 Å². The summed E-state index contributed by atoms with van der Waals surface area (Å²) >= 11 is 0. The fourth-order valence-electron chi connectivity index (χ4n) is 3.45. The minimum absolute atomic E-state index is 0.0269. The number of rotatable bonds is 4. The van der Waals surface area contributed by atoms with Crippen molar-refractivity contribution in [1.82, 2.24) is 10.2 Å².